The molecule has 4 nitrogen and oxygen atoms in total. The van der Waals surface area contributed by atoms with Gasteiger partial charge in [0.2, 0.25) is 5.91 Å². The summed E-state index contributed by atoms with van der Waals surface area (Å²) in [6.07, 6.45) is 2.60. The van der Waals surface area contributed by atoms with E-state index in [-0.39, 0.29) is 18.3 Å². The third kappa shape index (κ3) is 4.22. The molecule has 1 aliphatic rings. The van der Waals surface area contributed by atoms with Crippen LogP contribution in [0.5, 0.6) is 0 Å². The van der Waals surface area contributed by atoms with Gasteiger partial charge in [-0.3, -0.25) is 4.79 Å². The van der Waals surface area contributed by atoms with Gasteiger partial charge in [-0.05, 0) is 37.4 Å². The van der Waals surface area contributed by atoms with Crippen molar-refractivity contribution in [3.05, 3.63) is 36.1 Å². The summed E-state index contributed by atoms with van der Waals surface area (Å²) in [7, 11) is 1.81. The summed E-state index contributed by atoms with van der Waals surface area (Å²) in [5, 5.41) is 4.30. The number of nitrogens with one attached hydrogen (secondary N) is 1. The summed E-state index contributed by atoms with van der Waals surface area (Å²) in [6, 6.07) is 9.89. The first-order valence-corrected chi connectivity index (χ1v) is 7.14. The van der Waals surface area contributed by atoms with Crippen LogP contribution in [0.4, 0.5) is 0 Å². The van der Waals surface area contributed by atoms with Crippen molar-refractivity contribution in [2.24, 2.45) is 5.92 Å². The maximum atomic E-state index is 12.0. The Morgan fingerprint density at radius 1 is 1.38 bits per heavy atom. The molecule has 1 heterocycles. The first kappa shape index (κ1) is 15.9. The lowest BCUT2D eigenvalue weighted by atomic mass is 10.2. The van der Waals surface area contributed by atoms with Gasteiger partial charge >= 0.3 is 0 Å². The number of hydrogen-bond donors (Lipinski definition) is 1. The zero-order valence-corrected chi connectivity index (χ0v) is 13.0. The van der Waals surface area contributed by atoms with E-state index in [2.05, 4.69) is 5.32 Å². The number of para-hydroxylation sites is 1. The molecule has 0 atom stereocenters. The molecule has 1 amide bonds. The van der Waals surface area contributed by atoms with Gasteiger partial charge in [-0.2, -0.15) is 0 Å². The average Bonchev–Trinajstić information content (AvgIpc) is 3.16. The molecule has 1 aromatic carbocycles. The number of benzene rings is 1. The van der Waals surface area contributed by atoms with Crippen molar-refractivity contribution in [2.45, 2.75) is 19.4 Å². The number of nitrogens with zero attached hydrogens (tertiary/aromatic N) is 1. The van der Waals surface area contributed by atoms with Gasteiger partial charge in [0.05, 0.1) is 13.1 Å². The molecule has 1 saturated carbocycles. The molecule has 1 aliphatic carbocycles. The van der Waals surface area contributed by atoms with E-state index in [4.69, 9.17) is 4.42 Å². The number of carbonyl (C=O) groups excluding carboxylic acids is 1. The summed E-state index contributed by atoms with van der Waals surface area (Å²) in [5.74, 6) is 1.72. The van der Waals surface area contributed by atoms with E-state index in [0.29, 0.717) is 13.1 Å². The van der Waals surface area contributed by atoms with Gasteiger partial charge in [-0.25, -0.2) is 0 Å². The largest absolute Gasteiger partial charge is 0.459 e. The first-order valence-electron chi connectivity index (χ1n) is 7.14. The fourth-order valence-corrected chi connectivity index (χ4v) is 2.28. The van der Waals surface area contributed by atoms with Crippen molar-refractivity contribution in [3.8, 4) is 0 Å². The molecule has 0 spiro atoms. The molecule has 0 radical (unpaired) electrons. The van der Waals surface area contributed by atoms with Gasteiger partial charge in [-0.1, -0.05) is 18.2 Å². The zero-order chi connectivity index (χ0) is 13.9. The lowest BCUT2D eigenvalue weighted by molar-refractivity contribution is -0.129. The Morgan fingerprint density at radius 2 is 2.14 bits per heavy atom. The minimum Gasteiger partial charge on any atom is -0.459 e. The lowest BCUT2D eigenvalue weighted by Crippen LogP contribution is -2.35. The van der Waals surface area contributed by atoms with Crippen LogP contribution in [0.3, 0.4) is 0 Å². The second kappa shape index (κ2) is 6.96. The fourth-order valence-electron chi connectivity index (χ4n) is 2.28. The predicted octanol–water partition coefficient (Wildman–Crippen LogP) is 2.81. The molecule has 0 aliphatic heterocycles. The van der Waals surface area contributed by atoms with E-state index in [9.17, 15) is 4.79 Å². The van der Waals surface area contributed by atoms with Crippen LogP contribution >= 0.6 is 12.4 Å². The molecule has 0 unspecified atom stereocenters. The third-order valence-corrected chi connectivity index (χ3v) is 3.70. The second-order valence-corrected chi connectivity index (χ2v) is 5.57. The van der Waals surface area contributed by atoms with Crippen molar-refractivity contribution in [1.82, 2.24) is 10.2 Å². The molecule has 1 fully saturated rings. The molecule has 1 aromatic heterocycles. The van der Waals surface area contributed by atoms with Gasteiger partial charge < -0.3 is 14.6 Å². The topological polar surface area (TPSA) is 45.5 Å². The Kier molecular flexibility index (Phi) is 5.26. The van der Waals surface area contributed by atoms with Crippen LogP contribution in [0.2, 0.25) is 0 Å². The van der Waals surface area contributed by atoms with Crippen LogP contribution in [0.1, 0.15) is 18.6 Å². The van der Waals surface area contributed by atoms with Crippen molar-refractivity contribution in [2.75, 3.05) is 20.1 Å². The highest BCUT2D eigenvalue weighted by atomic mass is 35.5. The zero-order valence-electron chi connectivity index (χ0n) is 12.2. The SMILES string of the molecule is CN(Cc1cc2ccccc2o1)C(=O)CNCC1CC1.Cl. The van der Waals surface area contributed by atoms with Crippen molar-refractivity contribution in [3.63, 3.8) is 0 Å². The molecule has 5 heteroatoms. The molecule has 1 N–H and O–H groups in total. The Labute approximate surface area is 130 Å². The molecule has 3 rings (SSSR count). The maximum Gasteiger partial charge on any atom is 0.236 e. The molecule has 21 heavy (non-hydrogen) atoms. The van der Waals surface area contributed by atoms with Crippen LogP contribution in [-0.2, 0) is 11.3 Å². The predicted molar refractivity (Wildman–Crippen MR) is 85.5 cm³/mol. The summed E-state index contributed by atoms with van der Waals surface area (Å²) in [6.45, 7) is 1.88. The Balaban J connectivity index is 0.00000161. The molecular formula is C16H21ClN2O2. The quantitative estimate of drug-likeness (QED) is 0.892. The molecule has 0 saturated heterocycles. The van der Waals surface area contributed by atoms with Crippen LogP contribution in [0, 0.1) is 5.92 Å². The van der Waals surface area contributed by atoms with Gasteiger partial charge in [0, 0.05) is 12.4 Å². The molecule has 2 aromatic rings. The molecule has 0 bridgehead atoms. The summed E-state index contributed by atoms with van der Waals surface area (Å²) in [4.78, 5) is 13.7. The third-order valence-electron chi connectivity index (χ3n) is 3.70. The van der Waals surface area contributed by atoms with Gasteiger partial charge in [0.1, 0.15) is 11.3 Å². The standard InChI is InChI=1S/C16H20N2O2.ClH/c1-18(16(19)10-17-9-12-6-7-12)11-14-8-13-4-2-3-5-15(13)20-14;/h2-5,8,12,17H,6-7,9-11H2,1H3;1H. The number of amides is 1. The minimum atomic E-state index is 0. The number of rotatable bonds is 6. The number of likely N-dealkylation sites (N-methyl/N-ethyl adjacent to an activating group) is 1. The Hall–Kier alpha value is -1.52. The van der Waals surface area contributed by atoms with Crippen molar-refractivity contribution >= 4 is 29.3 Å². The number of fused-ring (bicyclic) bond motifs is 1. The van der Waals surface area contributed by atoms with Crippen LogP contribution in [-0.4, -0.2) is 30.9 Å². The van der Waals surface area contributed by atoms with E-state index in [1.54, 1.807) is 4.90 Å². The van der Waals surface area contributed by atoms with E-state index in [1.165, 1.54) is 12.8 Å². The van der Waals surface area contributed by atoms with E-state index < -0.39 is 0 Å². The fraction of sp³-hybridized carbons (Fsp3) is 0.438. The van der Waals surface area contributed by atoms with Gasteiger partial charge in [-0.15, -0.1) is 12.4 Å². The number of carbonyl (C=O) groups is 1. The average molecular weight is 309 g/mol. The first-order chi connectivity index (χ1) is 9.72. The molecular weight excluding hydrogens is 288 g/mol. The van der Waals surface area contributed by atoms with Crippen LogP contribution in [0.25, 0.3) is 11.0 Å². The monoisotopic (exact) mass is 308 g/mol. The van der Waals surface area contributed by atoms with E-state index >= 15 is 0 Å². The highest BCUT2D eigenvalue weighted by Gasteiger charge is 2.21. The summed E-state index contributed by atoms with van der Waals surface area (Å²) < 4.78 is 5.73. The Bertz CT molecular complexity index is 574. The normalized spacial score (nSPS) is 14.0. The number of furan rings is 1. The minimum absolute atomic E-state index is 0. The number of halogens is 1. The highest BCUT2D eigenvalue weighted by Crippen LogP contribution is 2.27. The summed E-state index contributed by atoms with van der Waals surface area (Å²) in [5.41, 5.74) is 0.871. The smallest absolute Gasteiger partial charge is 0.236 e. The lowest BCUT2D eigenvalue weighted by Gasteiger charge is -2.16. The second-order valence-electron chi connectivity index (χ2n) is 5.57. The van der Waals surface area contributed by atoms with Gasteiger partial charge in [0.25, 0.3) is 0 Å². The van der Waals surface area contributed by atoms with Crippen molar-refractivity contribution in [1.29, 1.82) is 0 Å². The summed E-state index contributed by atoms with van der Waals surface area (Å²) >= 11 is 0. The van der Waals surface area contributed by atoms with E-state index in [0.717, 1.165) is 29.2 Å². The van der Waals surface area contributed by atoms with Crippen LogP contribution in [0.15, 0.2) is 34.7 Å². The maximum absolute atomic E-state index is 12.0. The molecule has 114 valence electrons. The number of hydrogen-bond acceptors (Lipinski definition) is 3. The van der Waals surface area contributed by atoms with Crippen molar-refractivity contribution < 1.29 is 9.21 Å². The van der Waals surface area contributed by atoms with Gasteiger partial charge in [0.15, 0.2) is 0 Å². The van der Waals surface area contributed by atoms with E-state index in [1.807, 2.05) is 37.4 Å². The van der Waals surface area contributed by atoms with Crippen LogP contribution < -0.4 is 5.32 Å². The Morgan fingerprint density at radius 3 is 2.86 bits per heavy atom. The highest BCUT2D eigenvalue weighted by molar-refractivity contribution is 5.85.